The average Bonchev–Trinajstić information content (AvgIpc) is 3.03. The van der Waals surface area contributed by atoms with Crippen molar-refractivity contribution in [1.82, 2.24) is 9.97 Å². The molecular formula is C18H20N4O4. The van der Waals surface area contributed by atoms with Gasteiger partial charge in [-0.2, -0.15) is 10.2 Å². The number of fused-ring (bicyclic) bond motifs is 1. The molecule has 1 aliphatic rings. The highest BCUT2D eigenvalue weighted by atomic mass is 16.5. The molecule has 0 radical (unpaired) electrons. The third-order valence-electron chi connectivity index (χ3n) is 3.92. The van der Waals surface area contributed by atoms with Gasteiger partial charge in [0.15, 0.2) is 11.5 Å². The number of nitrogens with two attached hydrogens (primary N) is 1. The number of nitrogens with zero attached hydrogens (tertiary/aromatic N) is 2. The largest absolute Gasteiger partial charge is 0.493 e. The Morgan fingerprint density at radius 1 is 1.27 bits per heavy atom. The standard InChI is InChI=1S/C18H20N4O4/c1-9(2)25-12-6-5-10(7-13(12)23-3)14-11(8-19)16(20)26-17-15(14)21-18(22-17)24-4/h5-7,9,14H,20H2,1-4H3,(H,21,22)/t14-/m1/s1. The van der Waals surface area contributed by atoms with E-state index >= 15 is 0 Å². The Balaban J connectivity index is 2.12. The van der Waals surface area contributed by atoms with Gasteiger partial charge >= 0.3 is 0 Å². The Hall–Kier alpha value is -3.34. The number of aromatic amines is 1. The molecule has 3 N–H and O–H groups in total. The Kier molecular flexibility index (Phi) is 4.63. The lowest BCUT2D eigenvalue weighted by Gasteiger charge is -2.23. The van der Waals surface area contributed by atoms with Gasteiger partial charge in [-0.25, -0.2) is 0 Å². The van der Waals surface area contributed by atoms with Crippen LogP contribution in [0.3, 0.4) is 0 Å². The normalized spacial score (nSPS) is 15.9. The van der Waals surface area contributed by atoms with Crippen molar-refractivity contribution in [3.8, 4) is 29.5 Å². The summed E-state index contributed by atoms with van der Waals surface area (Å²) in [5, 5.41) is 9.59. The maximum Gasteiger partial charge on any atom is 0.296 e. The van der Waals surface area contributed by atoms with E-state index in [0.29, 0.717) is 17.2 Å². The minimum Gasteiger partial charge on any atom is -0.493 e. The molecule has 2 heterocycles. The predicted octanol–water partition coefficient (Wildman–Crippen LogP) is 2.43. The lowest BCUT2D eigenvalue weighted by atomic mass is 9.87. The van der Waals surface area contributed by atoms with E-state index in [-0.39, 0.29) is 29.5 Å². The van der Waals surface area contributed by atoms with Crippen LogP contribution in [0.2, 0.25) is 0 Å². The lowest BCUT2D eigenvalue weighted by Crippen LogP contribution is -2.21. The van der Waals surface area contributed by atoms with Crippen LogP contribution < -0.4 is 24.7 Å². The second-order valence-electron chi connectivity index (χ2n) is 5.97. The summed E-state index contributed by atoms with van der Waals surface area (Å²) in [6.07, 6.45) is 0.00603. The first-order chi connectivity index (χ1) is 12.5. The summed E-state index contributed by atoms with van der Waals surface area (Å²) in [5.74, 6) is 0.996. The quantitative estimate of drug-likeness (QED) is 0.845. The van der Waals surface area contributed by atoms with Crippen LogP contribution in [0.25, 0.3) is 0 Å². The van der Waals surface area contributed by atoms with E-state index in [9.17, 15) is 5.26 Å². The molecular weight excluding hydrogens is 336 g/mol. The van der Waals surface area contributed by atoms with E-state index in [0.717, 1.165) is 5.56 Å². The zero-order valence-corrected chi connectivity index (χ0v) is 15.0. The van der Waals surface area contributed by atoms with Crippen LogP contribution in [-0.2, 0) is 0 Å². The van der Waals surface area contributed by atoms with Crippen LogP contribution in [0, 0.1) is 11.3 Å². The number of hydrogen-bond acceptors (Lipinski definition) is 7. The fourth-order valence-electron chi connectivity index (χ4n) is 2.83. The van der Waals surface area contributed by atoms with E-state index in [2.05, 4.69) is 16.0 Å². The highest BCUT2D eigenvalue weighted by Gasteiger charge is 2.34. The number of hydrogen-bond donors (Lipinski definition) is 2. The van der Waals surface area contributed by atoms with Gasteiger partial charge in [-0.1, -0.05) is 6.07 Å². The minimum atomic E-state index is -0.484. The molecule has 0 amide bonds. The number of ether oxygens (including phenoxy) is 4. The molecule has 1 atom stereocenters. The van der Waals surface area contributed by atoms with Crippen LogP contribution >= 0.6 is 0 Å². The topological polar surface area (TPSA) is 115 Å². The average molecular weight is 356 g/mol. The molecule has 1 aromatic heterocycles. The van der Waals surface area contributed by atoms with Crippen molar-refractivity contribution < 1.29 is 18.9 Å². The van der Waals surface area contributed by atoms with E-state index in [4.69, 9.17) is 24.7 Å². The molecule has 26 heavy (non-hydrogen) atoms. The summed E-state index contributed by atoms with van der Waals surface area (Å²) in [7, 11) is 3.05. The van der Waals surface area contributed by atoms with Crippen molar-refractivity contribution in [2.24, 2.45) is 5.73 Å². The number of allylic oxidation sites excluding steroid dienone is 1. The number of aromatic nitrogens is 2. The number of benzene rings is 1. The zero-order chi connectivity index (χ0) is 18.8. The Morgan fingerprint density at radius 3 is 2.65 bits per heavy atom. The van der Waals surface area contributed by atoms with Crippen molar-refractivity contribution in [3.63, 3.8) is 0 Å². The van der Waals surface area contributed by atoms with Crippen LogP contribution in [0.15, 0.2) is 29.7 Å². The molecule has 0 saturated carbocycles. The van der Waals surface area contributed by atoms with E-state index in [1.165, 1.54) is 7.11 Å². The SMILES string of the molecule is COc1nc2c([nH]1)[C@H](c1ccc(OC(C)C)c(OC)c1)C(C#N)=C(N)O2. The van der Waals surface area contributed by atoms with E-state index < -0.39 is 5.92 Å². The third-order valence-corrected chi connectivity index (χ3v) is 3.92. The molecule has 8 nitrogen and oxygen atoms in total. The van der Waals surface area contributed by atoms with Gasteiger partial charge in [0.05, 0.1) is 31.9 Å². The van der Waals surface area contributed by atoms with E-state index in [1.807, 2.05) is 32.0 Å². The zero-order valence-electron chi connectivity index (χ0n) is 15.0. The maximum absolute atomic E-state index is 9.59. The van der Waals surface area contributed by atoms with Gasteiger partial charge in [0, 0.05) is 0 Å². The summed E-state index contributed by atoms with van der Waals surface area (Å²) >= 11 is 0. The maximum atomic E-state index is 9.59. The molecule has 1 aromatic carbocycles. The predicted molar refractivity (Wildman–Crippen MR) is 93.2 cm³/mol. The number of rotatable bonds is 5. The van der Waals surface area contributed by atoms with Crippen LogP contribution in [0.4, 0.5) is 0 Å². The molecule has 0 bridgehead atoms. The first-order valence-electron chi connectivity index (χ1n) is 8.04. The minimum absolute atomic E-state index is 0.00603. The van der Waals surface area contributed by atoms with Crippen LogP contribution in [0.1, 0.15) is 31.0 Å². The van der Waals surface area contributed by atoms with Gasteiger partial charge in [0.1, 0.15) is 11.6 Å². The van der Waals surface area contributed by atoms with Crippen LogP contribution in [0.5, 0.6) is 23.4 Å². The molecule has 0 unspecified atom stereocenters. The fourth-order valence-corrected chi connectivity index (χ4v) is 2.83. The fraction of sp³-hybridized carbons (Fsp3) is 0.333. The Bertz CT molecular complexity index is 895. The first-order valence-corrected chi connectivity index (χ1v) is 8.04. The number of imidazole rings is 1. The van der Waals surface area contributed by atoms with Gasteiger partial charge in [0.25, 0.3) is 6.01 Å². The molecule has 0 fully saturated rings. The molecule has 3 rings (SSSR count). The Labute approximate surface area is 151 Å². The summed E-state index contributed by atoms with van der Waals surface area (Å²) < 4.78 is 21.8. The third kappa shape index (κ3) is 2.99. The molecule has 0 spiro atoms. The van der Waals surface area contributed by atoms with Crippen molar-refractivity contribution in [2.45, 2.75) is 25.9 Å². The van der Waals surface area contributed by atoms with Crippen LogP contribution in [-0.4, -0.2) is 30.3 Å². The molecule has 8 heteroatoms. The summed E-state index contributed by atoms with van der Waals surface area (Å²) in [4.78, 5) is 7.21. The smallest absolute Gasteiger partial charge is 0.296 e. The highest BCUT2D eigenvalue weighted by Crippen LogP contribution is 2.43. The number of nitriles is 1. The second kappa shape index (κ2) is 6.88. The first kappa shape index (κ1) is 17.5. The van der Waals surface area contributed by atoms with Gasteiger partial charge in [-0.3, -0.25) is 0 Å². The molecule has 0 saturated heterocycles. The number of H-pyrrole nitrogens is 1. The van der Waals surface area contributed by atoms with Crippen molar-refractivity contribution in [3.05, 3.63) is 40.9 Å². The summed E-state index contributed by atoms with van der Waals surface area (Å²) in [6, 6.07) is 7.88. The highest BCUT2D eigenvalue weighted by molar-refractivity contribution is 5.55. The van der Waals surface area contributed by atoms with Crippen molar-refractivity contribution >= 4 is 0 Å². The monoisotopic (exact) mass is 356 g/mol. The Morgan fingerprint density at radius 2 is 2.04 bits per heavy atom. The number of nitrogens with one attached hydrogen (secondary N) is 1. The van der Waals surface area contributed by atoms with Crippen molar-refractivity contribution in [2.75, 3.05) is 14.2 Å². The van der Waals surface area contributed by atoms with Crippen molar-refractivity contribution in [1.29, 1.82) is 5.26 Å². The summed E-state index contributed by atoms with van der Waals surface area (Å²) in [5.41, 5.74) is 7.59. The van der Waals surface area contributed by atoms with Gasteiger partial charge in [0.2, 0.25) is 11.8 Å². The second-order valence-corrected chi connectivity index (χ2v) is 5.97. The molecule has 2 aromatic rings. The molecule has 1 aliphatic heterocycles. The van der Waals surface area contributed by atoms with E-state index in [1.54, 1.807) is 7.11 Å². The number of methoxy groups -OCH3 is 2. The van der Waals surface area contributed by atoms with Gasteiger partial charge < -0.3 is 29.7 Å². The molecule has 136 valence electrons. The lowest BCUT2D eigenvalue weighted by molar-refractivity contribution is 0.230. The van der Waals surface area contributed by atoms with Gasteiger partial charge in [-0.05, 0) is 31.5 Å². The van der Waals surface area contributed by atoms with Gasteiger partial charge in [-0.15, -0.1) is 0 Å². The summed E-state index contributed by atoms with van der Waals surface area (Å²) in [6.45, 7) is 3.87. The molecule has 0 aliphatic carbocycles.